The molecule has 1 saturated carbocycles. The molecule has 4 heteroatoms. The number of rotatable bonds is 7. The van der Waals surface area contributed by atoms with E-state index in [1.54, 1.807) is 14.0 Å². The van der Waals surface area contributed by atoms with Gasteiger partial charge >= 0.3 is 5.97 Å². The highest BCUT2D eigenvalue weighted by Gasteiger charge is 2.38. The fourth-order valence-electron chi connectivity index (χ4n) is 1.78. The van der Waals surface area contributed by atoms with Gasteiger partial charge in [0.25, 0.3) is 0 Å². The lowest BCUT2D eigenvalue weighted by molar-refractivity contribution is -0.144. The van der Waals surface area contributed by atoms with Crippen LogP contribution in [-0.2, 0) is 4.79 Å². The molecular formula is C11H22N2O2. The molecule has 1 rings (SSSR count). The minimum absolute atomic E-state index is 0.595. The third kappa shape index (κ3) is 3.18. The van der Waals surface area contributed by atoms with Crippen molar-refractivity contribution < 1.29 is 9.90 Å². The Labute approximate surface area is 91.6 Å². The SMILES string of the molecule is CCCN(CC(C)(NC)C(=O)O)C1CC1. The van der Waals surface area contributed by atoms with Crippen molar-refractivity contribution in [3.05, 3.63) is 0 Å². The molecule has 0 aliphatic heterocycles. The van der Waals surface area contributed by atoms with Crippen LogP contribution in [0.15, 0.2) is 0 Å². The standard InChI is InChI=1S/C11H22N2O2/c1-4-7-13(9-5-6-9)8-11(2,12-3)10(14)15/h9,12H,4-8H2,1-3H3,(H,14,15). The molecule has 0 aromatic heterocycles. The molecular weight excluding hydrogens is 192 g/mol. The van der Waals surface area contributed by atoms with E-state index >= 15 is 0 Å². The van der Waals surface area contributed by atoms with Crippen LogP contribution in [0.3, 0.4) is 0 Å². The summed E-state index contributed by atoms with van der Waals surface area (Å²) in [6.45, 7) is 5.47. The van der Waals surface area contributed by atoms with Crippen molar-refractivity contribution in [2.75, 3.05) is 20.1 Å². The summed E-state index contributed by atoms with van der Waals surface area (Å²) in [6, 6.07) is 0.622. The van der Waals surface area contributed by atoms with E-state index in [4.69, 9.17) is 5.11 Å². The molecule has 0 amide bonds. The Bertz CT molecular complexity index is 229. The summed E-state index contributed by atoms with van der Waals surface area (Å²) in [5.41, 5.74) is -0.822. The van der Waals surface area contributed by atoms with Gasteiger partial charge in [-0.1, -0.05) is 6.92 Å². The monoisotopic (exact) mass is 214 g/mol. The van der Waals surface area contributed by atoms with E-state index in [9.17, 15) is 4.79 Å². The average Bonchev–Trinajstić information content (AvgIpc) is 3.00. The van der Waals surface area contributed by atoms with Gasteiger partial charge in [-0.25, -0.2) is 0 Å². The third-order valence-corrected chi connectivity index (χ3v) is 3.12. The lowest BCUT2D eigenvalue weighted by Crippen LogP contribution is -2.56. The van der Waals surface area contributed by atoms with Crippen LogP contribution in [0.5, 0.6) is 0 Å². The highest BCUT2D eigenvalue weighted by molar-refractivity contribution is 5.78. The fourth-order valence-corrected chi connectivity index (χ4v) is 1.78. The molecule has 2 N–H and O–H groups in total. The van der Waals surface area contributed by atoms with Gasteiger partial charge in [-0.05, 0) is 39.8 Å². The van der Waals surface area contributed by atoms with Gasteiger partial charge in [0.2, 0.25) is 0 Å². The normalized spacial score (nSPS) is 20.3. The second-order valence-corrected chi connectivity index (χ2v) is 4.59. The molecule has 1 aliphatic rings. The fraction of sp³-hybridized carbons (Fsp3) is 0.909. The summed E-state index contributed by atoms with van der Waals surface area (Å²) < 4.78 is 0. The minimum Gasteiger partial charge on any atom is -0.480 e. The Morgan fingerprint density at radius 3 is 2.53 bits per heavy atom. The van der Waals surface area contributed by atoms with Crippen molar-refractivity contribution in [1.29, 1.82) is 0 Å². The van der Waals surface area contributed by atoms with Crippen LogP contribution in [0, 0.1) is 0 Å². The molecule has 1 unspecified atom stereocenters. The van der Waals surface area contributed by atoms with Crippen LogP contribution < -0.4 is 5.32 Å². The topological polar surface area (TPSA) is 52.6 Å². The van der Waals surface area contributed by atoms with Gasteiger partial charge in [0.15, 0.2) is 0 Å². The van der Waals surface area contributed by atoms with Crippen LogP contribution in [0.25, 0.3) is 0 Å². The maximum absolute atomic E-state index is 11.1. The number of hydrogen-bond acceptors (Lipinski definition) is 3. The highest BCUT2D eigenvalue weighted by atomic mass is 16.4. The maximum atomic E-state index is 11.1. The molecule has 0 saturated heterocycles. The number of likely N-dealkylation sites (N-methyl/N-ethyl adjacent to an activating group) is 1. The first-order chi connectivity index (χ1) is 7.03. The van der Waals surface area contributed by atoms with Crippen molar-refractivity contribution in [1.82, 2.24) is 10.2 Å². The summed E-state index contributed by atoms with van der Waals surface area (Å²) in [7, 11) is 1.71. The largest absolute Gasteiger partial charge is 0.480 e. The Morgan fingerprint density at radius 2 is 2.20 bits per heavy atom. The molecule has 15 heavy (non-hydrogen) atoms. The van der Waals surface area contributed by atoms with E-state index in [1.165, 1.54) is 12.8 Å². The molecule has 1 atom stereocenters. The van der Waals surface area contributed by atoms with Gasteiger partial charge in [0.05, 0.1) is 0 Å². The molecule has 4 nitrogen and oxygen atoms in total. The number of carbonyl (C=O) groups is 1. The maximum Gasteiger partial charge on any atom is 0.324 e. The van der Waals surface area contributed by atoms with Crippen molar-refractivity contribution in [2.24, 2.45) is 0 Å². The van der Waals surface area contributed by atoms with Gasteiger partial charge < -0.3 is 10.4 Å². The van der Waals surface area contributed by atoms with E-state index in [0.29, 0.717) is 12.6 Å². The number of carboxylic acid groups (broad SMARTS) is 1. The first-order valence-corrected chi connectivity index (χ1v) is 5.70. The van der Waals surface area contributed by atoms with Crippen molar-refractivity contribution in [3.63, 3.8) is 0 Å². The summed E-state index contributed by atoms with van der Waals surface area (Å²) in [5, 5.41) is 12.1. The number of aliphatic carboxylic acids is 1. The third-order valence-electron chi connectivity index (χ3n) is 3.12. The summed E-state index contributed by atoms with van der Waals surface area (Å²) in [5.74, 6) is -0.772. The molecule has 0 aromatic rings. The van der Waals surface area contributed by atoms with Crippen LogP contribution in [0.2, 0.25) is 0 Å². The van der Waals surface area contributed by atoms with Gasteiger partial charge in [-0.15, -0.1) is 0 Å². The zero-order valence-corrected chi connectivity index (χ0v) is 9.92. The van der Waals surface area contributed by atoms with Crippen LogP contribution >= 0.6 is 0 Å². The van der Waals surface area contributed by atoms with E-state index in [-0.39, 0.29) is 0 Å². The van der Waals surface area contributed by atoms with E-state index in [0.717, 1.165) is 13.0 Å². The number of hydrogen-bond donors (Lipinski definition) is 2. The smallest absolute Gasteiger partial charge is 0.324 e. The lowest BCUT2D eigenvalue weighted by Gasteiger charge is -2.32. The molecule has 0 radical (unpaired) electrons. The second kappa shape index (κ2) is 4.94. The summed E-state index contributed by atoms with van der Waals surface area (Å²) >= 11 is 0. The van der Waals surface area contributed by atoms with Crippen LogP contribution in [0.1, 0.15) is 33.1 Å². The van der Waals surface area contributed by atoms with Gasteiger partial charge in [0, 0.05) is 12.6 Å². The predicted molar refractivity (Wildman–Crippen MR) is 60.0 cm³/mol. The van der Waals surface area contributed by atoms with Crippen molar-refractivity contribution >= 4 is 5.97 Å². The van der Waals surface area contributed by atoms with Crippen LogP contribution in [0.4, 0.5) is 0 Å². The quantitative estimate of drug-likeness (QED) is 0.662. The zero-order valence-electron chi connectivity index (χ0n) is 9.92. The molecule has 0 spiro atoms. The molecule has 0 heterocycles. The van der Waals surface area contributed by atoms with Gasteiger partial charge in [-0.2, -0.15) is 0 Å². The van der Waals surface area contributed by atoms with Crippen molar-refractivity contribution in [2.45, 2.75) is 44.7 Å². The zero-order chi connectivity index (χ0) is 11.5. The lowest BCUT2D eigenvalue weighted by atomic mass is 10.0. The Balaban J connectivity index is 2.57. The minimum atomic E-state index is -0.822. The first-order valence-electron chi connectivity index (χ1n) is 5.70. The number of nitrogens with one attached hydrogen (secondary N) is 1. The second-order valence-electron chi connectivity index (χ2n) is 4.59. The average molecular weight is 214 g/mol. The summed E-state index contributed by atoms with van der Waals surface area (Å²) in [6.07, 6.45) is 3.52. The highest BCUT2D eigenvalue weighted by Crippen LogP contribution is 2.28. The molecule has 0 aromatic carbocycles. The number of carboxylic acids is 1. The molecule has 88 valence electrons. The van der Waals surface area contributed by atoms with Gasteiger partial charge in [0.1, 0.15) is 5.54 Å². The predicted octanol–water partition coefficient (Wildman–Crippen LogP) is 0.923. The molecule has 1 fully saturated rings. The molecule has 1 aliphatic carbocycles. The van der Waals surface area contributed by atoms with Crippen LogP contribution in [-0.4, -0.2) is 47.7 Å². The number of nitrogens with zero attached hydrogens (tertiary/aromatic N) is 1. The molecule has 0 bridgehead atoms. The summed E-state index contributed by atoms with van der Waals surface area (Å²) in [4.78, 5) is 13.4. The van der Waals surface area contributed by atoms with E-state index in [1.807, 2.05) is 0 Å². The Morgan fingerprint density at radius 1 is 1.60 bits per heavy atom. The van der Waals surface area contributed by atoms with Gasteiger partial charge in [-0.3, -0.25) is 9.69 Å². The Kier molecular flexibility index (Phi) is 4.11. The first kappa shape index (κ1) is 12.5. The van der Waals surface area contributed by atoms with E-state index in [2.05, 4.69) is 17.1 Å². The van der Waals surface area contributed by atoms with Crippen molar-refractivity contribution in [3.8, 4) is 0 Å². The Hall–Kier alpha value is -0.610. The van der Waals surface area contributed by atoms with E-state index < -0.39 is 11.5 Å².